The Labute approximate surface area is 111 Å². The van der Waals surface area contributed by atoms with Gasteiger partial charge in [0.2, 0.25) is 0 Å². The van der Waals surface area contributed by atoms with E-state index in [2.05, 4.69) is 27.7 Å². The minimum Gasteiger partial charge on any atom is -0.0654 e. The van der Waals surface area contributed by atoms with Crippen LogP contribution in [0.2, 0.25) is 0 Å². The third-order valence-electron chi connectivity index (χ3n) is 3.74. The average molecular weight is 240 g/mol. The van der Waals surface area contributed by atoms with Crippen molar-refractivity contribution in [3.8, 4) is 0 Å². The van der Waals surface area contributed by atoms with Gasteiger partial charge in [0.05, 0.1) is 0 Å². The summed E-state index contributed by atoms with van der Waals surface area (Å²) in [4.78, 5) is 0. The van der Waals surface area contributed by atoms with Gasteiger partial charge in [-0.05, 0) is 18.3 Å². The molecular formula is C17H36. The van der Waals surface area contributed by atoms with Gasteiger partial charge in [0, 0.05) is 0 Å². The Balaban J connectivity index is 3.53. The Morgan fingerprint density at radius 2 is 1.18 bits per heavy atom. The van der Waals surface area contributed by atoms with E-state index < -0.39 is 0 Å². The van der Waals surface area contributed by atoms with Crippen molar-refractivity contribution >= 4 is 0 Å². The molecule has 0 spiro atoms. The van der Waals surface area contributed by atoms with Crippen molar-refractivity contribution in [2.45, 2.75) is 98.3 Å². The van der Waals surface area contributed by atoms with Crippen molar-refractivity contribution in [2.24, 2.45) is 11.8 Å². The van der Waals surface area contributed by atoms with Gasteiger partial charge >= 0.3 is 0 Å². The fourth-order valence-corrected chi connectivity index (χ4v) is 2.75. The topological polar surface area (TPSA) is 0 Å². The van der Waals surface area contributed by atoms with E-state index in [0.717, 1.165) is 11.8 Å². The van der Waals surface area contributed by atoms with E-state index in [1.54, 1.807) is 0 Å². The maximum atomic E-state index is 2.38. The third-order valence-corrected chi connectivity index (χ3v) is 3.74. The highest BCUT2D eigenvalue weighted by molar-refractivity contribution is 4.62. The maximum absolute atomic E-state index is 2.38. The van der Waals surface area contributed by atoms with Crippen LogP contribution in [0, 0.1) is 11.8 Å². The third kappa shape index (κ3) is 12.2. The summed E-state index contributed by atoms with van der Waals surface area (Å²) in [6.45, 7) is 9.36. The molecule has 0 bridgehead atoms. The van der Waals surface area contributed by atoms with Crippen LogP contribution in [0.1, 0.15) is 98.3 Å². The zero-order valence-corrected chi connectivity index (χ0v) is 12.9. The summed E-state index contributed by atoms with van der Waals surface area (Å²) in [5.41, 5.74) is 0. The normalized spacial score (nSPS) is 13.2. The molecule has 0 rings (SSSR count). The number of hydrogen-bond donors (Lipinski definition) is 0. The van der Waals surface area contributed by atoms with Crippen LogP contribution in [0.25, 0.3) is 0 Å². The highest BCUT2D eigenvalue weighted by Gasteiger charge is 2.10. The molecule has 0 aliphatic rings. The van der Waals surface area contributed by atoms with Crippen LogP contribution in [0.3, 0.4) is 0 Å². The lowest BCUT2D eigenvalue weighted by Crippen LogP contribution is -2.05. The Hall–Kier alpha value is 0. The van der Waals surface area contributed by atoms with E-state index in [4.69, 9.17) is 0 Å². The minimum atomic E-state index is 0.886. The van der Waals surface area contributed by atoms with Crippen molar-refractivity contribution in [3.05, 3.63) is 0 Å². The molecule has 0 N–H and O–H groups in total. The van der Waals surface area contributed by atoms with E-state index in [0.29, 0.717) is 0 Å². The molecule has 0 heterocycles. The maximum Gasteiger partial charge on any atom is -0.0412 e. The summed E-state index contributed by atoms with van der Waals surface area (Å²) in [7, 11) is 0. The van der Waals surface area contributed by atoms with Gasteiger partial charge in [0.15, 0.2) is 0 Å². The van der Waals surface area contributed by atoms with E-state index in [9.17, 15) is 0 Å². The quantitative estimate of drug-likeness (QED) is 0.338. The second-order valence-corrected chi connectivity index (χ2v) is 6.19. The number of hydrogen-bond acceptors (Lipinski definition) is 0. The lowest BCUT2D eigenvalue weighted by atomic mass is 9.88. The van der Waals surface area contributed by atoms with Crippen molar-refractivity contribution < 1.29 is 0 Å². The van der Waals surface area contributed by atoms with Crippen molar-refractivity contribution in [1.29, 1.82) is 0 Å². The SMILES string of the molecule is CCCCCCCCC(CCCC)CC(C)C. The summed E-state index contributed by atoms with van der Waals surface area (Å²) < 4.78 is 0. The lowest BCUT2D eigenvalue weighted by molar-refractivity contribution is 0.342. The van der Waals surface area contributed by atoms with E-state index >= 15 is 0 Å². The highest BCUT2D eigenvalue weighted by Crippen LogP contribution is 2.24. The van der Waals surface area contributed by atoms with Gasteiger partial charge in [-0.3, -0.25) is 0 Å². The van der Waals surface area contributed by atoms with Crippen molar-refractivity contribution in [2.75, 3.05) is 0 Å². The fourth-order valence-electron chi connectivity index (χ4n) is 2.75. The molecule has 1 atom stereocenters. The smallest absolute Gasteiger partial charge is 0.0412 e. The summed E-state index contributed by atoms with van der Waals surface area (Å²) in [5, 5.41) is 0. The van der Waals surface area contributed by atoms with Gasteiger partial charge in [0.1, 0.15) is 0 Å². The van der Waals surface area contributed by atoms with Gasteiger partial charge in [-0.15, -0.1) is 0 Å². The zero-order chi connectivity index (χ0) is 12.9. The van der Waals surface area contributed by atoms with Crippen LogP contribution >= 0.6 is 0 Å². The molecule has 0 saturated heterocycles. The molecule has 0 heteroatoms. The van der Waals surface area contributed by atoms with Gasteiger partial charge in [-0.2, -0.15) is 0 Å². The first-order valence-electron chi connectivity index (χ1n) is 8.20. The first-order chi connectivity index (χ1) is 8.20. The van der Waals surface area contributed by atoms with Gasteiger partial charge in [-0.25, -0.2) is 0 Å². The van der Waals surface area contributed by atoms with Crippen LogP contribution in [0.15, 0.2) is 0 Å². The van der Waals surface area contributed by atoms with Crippen LogP contribution in [0.5, 0.6) is 0 Å². The summed E-state index contributed by atoms with van der Waals surface area (Å²) >= 11 is 0. The van der Waals surface area contributed by atoms with Crippen molar-refractivity contribution in [3.63, 3.8) is 0 Å². The highest BCUT2D eigenvalue weighted by atomic mass is 14.2. The Morgan fingerprint density at radius 3 is 1.76 bits per heavy atom. The molecule has 0 amide bonds. The largest absolute Gasteiger partial charge is 0.0654 e. The van der Waals surface area contributed by atoms with Crippen LogP contribution in [-0.2, 0) is 0 Å². The first kappa shape index (κ1) is 17.0. The average Bonchev–Trinajstić information content (AvgIpc) is 2.29. The van der Waals surface area contributed by atoms with Crippen LogP contribution in [-0.4, -0.2) is 0 Å². The Bertz CT molecular complexity index is 137. The second kappa shape index (κ2) is 12.5. The molecule has 0 aliphatic carbocycles. The van der Waals surface area contributed by atoms with E-state index in [1.807, 2.05) is 0 Å². The minimum absolute atomic E-state index is 0.886. The molecule has 0 nitrogen and oxygen atoms in total. The predicted molar refractivity (Wildman–Crippen MR) is 80.5 cm³/mol. The van der Waals surface area contributed by atoms with Crippen LogP contribution < -0.4 is 0 Å². The van der Waals surface area contributed by atoms with E-state index in [-0.39, 0.29) is 0 Å². The summed E-state index contributed by atoms with van der Waals surface area (Å²) in [5.74, 6) is 1.90. The van der Waals surface area contributed by atoms with Crippen molar-refractivity contribution in [1.82, 2.24) is 0 Å². The molecule has 0 aliphatic heterocycles. The Kier molecular flexibility index (Phi) is 12.5. The molecule has 17 heavy (non-hydrogen) atoms. The van der Waals surface area contributed by atoms with Gasteiger partial charge in [0.25, 0.3) is 0 Å². The van der Waals surface area contributed by atoms with Gasteiger partial charge < -0.3 is 0 Å². The molecule has 0 radical (unpaired) electrons. The molecule has 0 saturated carbocycles. The second-order valence-electron chi connectivity index (χ2n) is 6.19. The molecule has 0 aromatic heterocycles. The standard InChI is InChI=1S/C17H36/c1-5-7-9-10-11-12-14-17(13-8-6-2)15-16(3)4/h16-17H,5-15H2,1-4H3. The zero-order valence-electron chi connectivity index (χ0n) is 12.9. The Morgan fingerprint density at radius 1 is 0.647 bits per heavy atom. The summed E-state index contributed by atoms with van der Waals surface area (Å²) in [6.07, 6.45) is 15.9. The summed E-state index contributed by atoms with van der Waals surface area (Å²) in [6, 6.07) is 0. The molecule has 1 unspecified atom stereocenters. The molecule has 0 fully saturated rings. The fraction of sp³-hybridized carbons (Fsp3) is 1.00. The molecule has 0 aromatic carbocycles. The molecule has 0 aromatic rings. The monoisotopic (exact) mass is 240 g/mol. The first-order valence-corrected chi connectivity index (χ1v) is 8.20. The predicted octanol–water partition coefficient (Wildman–Crippen LogP) is 6.59. The molecular weight excluding hydrogens is 204 g/mol. The van der Waals surface area contributed by atoms with Crippen LogP contribution in [0.4, 0.5) is 0 Å². The van der Waals surface area contributed by atoms with E-state index in [1.165, 1.54) is 70.6 Å². The lowest BCUT2D eigenvalue weighted by Gasteiger charge is -2.18. The molecule has 104 valence electrons. The number of unbranched alkanes of at least 4 members (excludes halogenated alkanes) is 6. The number of rotatable bonds is 12. The van der Waals surface area contributed by atoms with Gasteiger partial charge in [-0.1, -0.05) is 91.9 Å².